The molecule has 0 radical (unpaired) electrons. The van der Waals surface area contributed by atoms with Gasteiger partial charge < -0.3 is 14.6 Å². The van der Waals surface area contributed by atoms with E-state index in [4.69, 9.17) is 14.2 Å². The average Bonchev–Trinajstić information content (AvgIpc) is 3.39. The molecule has 0 spiro atoms. The molecule has 0 saturated heterocycles. The van der Waals surface area contributed by atoms with E-state index in [0.717, 1.165) is 39.9 Å². The first-order valence-corrected chi connectivity index (χ1v) is 11.9. The van der Waals surface area contributed by atoms with Crippen LogP contribution in [0, 0.1) is 6.92 Å². The van der Waals surface area contributed by atoms with E-state index >= 15 is 0 Å². The number of hydrogen-bond acceptors (Lipinski definition) is 5. The Bertz CT molecular complexity index is 1390. The lowest BCUT2D eigenvalue weighted by atomic mass is 9.94. The lowest BCUT2D eigenvalue weighted by Gasteiger charge is -2.35. The summed E-state index contributed by atoms with van der Waals surface area (Å²) in [5.74, 6) is 1.58. The fraction of sp³-hybridized carbons (Fsp3) is 0.207. The summed E-state index contributed by atoms with van der Waals surface area (Å²) < 4.78 is 11.2. The molecule has 1 aliphatic heterocycles. The summed E-state index contributed by atoms with van der Waals surface area (Å²) in [4.78, 5) is 19.8. The number of carbonyl (C=O) groups excluding carboxylic acids is 1. The number of carbonyl (C=O) groups is 1. The van der Waals surface area contributed by atoms with Gasteiger partial charge in [0.25, 0.3) is 5.89 Å². The zero-order valence-corrected chi connectivity index (χ0v) is 20.6. The highest BCUT2D eigenvalue weighted by Crippen LogP contribution is 2.38. The number of aryl methyl sites for hydroxylation is 1. The van der Waals surface area contributed by atoms with Crippen LogP contribution in [0.4, 0.5) is 4.79 Å². The predicted molar refractivity (Wildman–Crippen MR) is 138 cm³/mol. The number of amides is 2. The maximum atomic E-state index is 13.3. The summed E-state index contributed by atoms with van der Waals surface area (Å²) in [5, 5.41) is 7.40. The quantitative estimate of drug-likeness (QED) is 0.362. The number of hydrogen-bond donors (Lipinski definition) is 1. The Morgan fingerprint density at radius 2 is 1.78 bits per heavy atom. The molecule has 2 heterocycles. The monoisotopic (exact) mass is 480 g/mol. The predicted octanol–water partition coefficient (Wildman–Crippen LogP) is 5.79. The van der Waals surface area contributed by atoms with E-state index in [1.807, 2.05) is 80.6 Å². The fourth-order valence-corrected chi connectivity index (χ4v) is 4.44. The second-order valence-corrected chi connectivity index (χ2v) is 8.83. The van der Waals surface area contributed by atoms with E-state index in [1.165, 1.54) is 0 Å². The molecule has 0 aliphatic carbocycles. The summed E-state index contributed by atoms with van der Waals surface area (Å²) in [6, 6.07) is 25.1. The smallest absolute Gasteiger partial charge is 0.322 e. The van der Waals surface area contributed by atoms with Crippen molar-refractivity contribution in [2.75, 3.05) is 13.7 Å². The van der Waals surface area contributed by atoms with Crippen LogP contribution >= 0.6 is 0 Å². The van der Waals surface area contributed by atoms with Crippen molar-refractivity contribution in [2.24, 2.45) is 0 Å². The van der Waals surface area contributed by atoms with Gasteiger partial charge in [-0.3, -0.25) is 4.90 Å². The van der Waals surface area contributed by atoms with E-state index < -0.39 is 6.04 Å². The summed E-state index contributed by atoms with van der Waals surface area (Å²) in [7, 11) is 1.62. The average molecular weight is 481 g/mol. The molecule has 3 aromatic carbocycles. The van der Waals surface area contributed by atoms with E-state index in [1.54, 1.807) is 12.0 Å². The molecule has 0 fully saturated rings. The van der Waals surface area contributed by atoms with Crippen LogP contribution < -0.4 is 10.1 Å². The van der Waals surface area contributed by atoms with Crippen LogP contribution in [0.2, 0.25) is 0 Å². The van der Waals surface area contributed by atoms with Gasteiger partial charge in [0, 0.05) is 17.8 Å². The summed E-state index contributed by atoms with van der Waals surface area (Å²) >= 11 is 0. The summed E-state index contributed by atoms with van der Waals surface area (Å²) in [5.41, 5.74) is 5.60. The molecule has 1 aromatic heterocycles. The number of aromatic nitrogens is 2. The molecule has 2 amide bonds. The molecule has 182 valence electrons. The Balaban J connectivity index is 1.55. The molecule has 4 aromatic rings. The molecule has 1 aliphatic rings. The molecule has 0 saturated carbocycles. The van der Waals surface area contributed by atoms with Gasteiger partial charge in [0.2, 0.25) is 5.82 Å². The largest absolute Gasteiger partial charge is 0.497 e. The van der Waals surface area contributed by atoms with Gasteiger partial charge in [0.05, 0.1) is 18.7 Å². The minimum absolute atomic E-state index is 0.168. The van der Waals surface area contributed by atoms with Gasteiger partial charge in [-0.05, 0) is 43.5 Å². The van der Waals surface area contributed by atoms with Gasteiger partial charge in [-0.25, -0.2) is 4.79 Å². The highest BCUT2D eigenvalue weighted by molar-refractivity contribution is 5.87. The number of ether oxygens (including phenoxy) is 1. The van der Waals surface area contributed by atoms with Crippen LogP contribution in [0.5, 0.6) is 5.75 Å². The van der Waals surface area contributed by atoms with Gasteiger partial charge in [0.15, 0.2) is 0 Å². The third-order valence-corrected chi connectivity index (χ3v) is 6.46. The van der Waals surface area contributed by atoms with Gasteiger partial charge in [-0.2, -0.15) is 4.98 Å². The fourth-order valence-electron chi connectivity index (χ4n) is 4.44. The first-order chi connectivity index (χ1) is 17.5. The highest BCUT2D eigenvalue weighted by Gasteiger charge is 2.35. The molecule has 7 nitrogen and oxygen atoms in total. The lowest BCUT2D eigenvalue weighted by Crippen LogP contribution is -2.46. The van der Waals surface area contributed by atoms with E-state index in [0.29, 0.717) is 24.0 Å². The molecule has 5 rings (SSSR count). The second kappa shape index (κ2) is 10.1. The van der Waals surface area contributed by atoms with E-state index in [2.05, 4.69) is 22.6 Å². The van der Waals surface area contributed by atoms with Crippen molar-refractivity contribution in [1.29, 1.82) is 0 Å². The molecular formula is C29H28N4O3. The van der Waals surface area contributed by atoms with Crippen LogP contribution in [0.25, 0.3) is 17.0 Å². The molecule has 1 unspecified atom stereocenters. The van der Waals surface area contributed by atoms with Crippen molar-refractivity contribution >= 4 is 11.6 Å². The summed E-state index contributed by atoms with van der Waals surface area (Å²) in [6.07, 6.45) is 0.723. The van der Waals surface area contributed by atoms with Crippen LogP contribution in [0.1, 0.15) is 35.5 Å². The number of methoxy groups -OCH3 is 1. The number of urea groups is 1. The van der Waals surface area contributed by atoms with Crippen LogP contribution in [-0.4, -0.2) is 34.7 Å². The van der Waals surface area contributed by atoms with Gasteiger partial charge in [-0.15, -0.1) is 0 Å². The maximum Gasteiger partial charge on any atom is 0.322 e. The zero-order valence-electron chi connectivity index (χ0n) is 20.6. The van der Waals surface area contributed by atoms with Gasteiger partial charge in [-0.1, -0.05) is 77.5 Å². The van der Waals surface area contributed by atoms with E-state index in [-0.39, 0.29) is 6.03 Å². The number of nitrogens with zero attached hydrogens (tertiary/aromatic N) is 3. The lowest BCUT2D eigenvalue weighted by molar-refractivity contribution is 0.205. The summed E-state index contributed by atoms with van der Waals surface area (Å²) in [6.45, 7) is 4.49. The second-order valence-electron chi connectivity index (χ2n) is 8.83. The molecule has 1 atom stereocenters. The first kappa shape index (κ1) is 23.4. The highest BCUT2D eigenvalue weighted by atomic mass is 16.5. The molecule has 1 N–H and O–H groups in total. The Hall–Kier alpha value is -4.39. The van der Waals surface area contributed by atoms with Gasteiger partial charge >= 0.3 is 6.03 Å². The Labute approximate surface area is 210 Å². The zero-order chi connectivity index (χ0) is 25.1. The number of nitrogens with one attached hydrogen (secondary N) is 1. The SMILES string of the molecule is COc1cccc(C2NC(=O)N(CCc3ccccc3)C(C)=C2c2nc(-c3ccc(C)cc3)no2)c1. The van der Waals surface area contributed by atoms with Crippen molar-refractivity contribution in [3.8, 4) is 17.1 Å². The van der Waals surface area contributed by atoms with Crippen molar-refractivity contribution in [2.45, 2.75) is 26.3 Å². The number of allylic oxidation sites excluding steroid dienone is 1. The van der Waals surface area contributed by atoms with E-state index in [9.17, 15) is 4.79 Å². The van der Waals surface area contributed by atoms with Crippen molar-refractivity contribution in [3.63, 3.8) is 0 Å². The molecule has 7 heteroatoms. The van der Waals surface area contributed by atoms with Crippen molar-refractivity contribution in [1.82, 2.24) is 20.4 Å². The Morgan fingerprint density at radius 1 is 1.00 bits per heavy atom. The minimum atomic E-state index is -0.466. The molecular weight excluding hydrogens is 452 g/mol. The van der Waals surface area contributed by atoms with Crippen molar-refractivity contribution < 1.29 is 14.1 Å². The topological polar surface area (TPSA) is 80.5 Å². The molecule has 36 heavy (non-hydrogen) atoms. The third kappa shape index (κ3) is 4.73. The number of rotatable bonds is 7. The Kier molecular flexibility index (Phi) is 6.54. The third-order valence-electron chi connectivity index (χ3n) is 6.46. The normalized spacial score (nSPS) is 15.7. The Morgan fingerprint density at radius 3 is 2.53 bits per heavy atom. The van der Waals surface area contributed by atoms with Crippen LogP contribution in [-0.2, 0) is 6.42 Å². The van der Waals surface area contributed by atoms with Crippen LogP contribution in [0.15, 0.2) is 89.1 Å². The van der Waals surface area contributed by atoms with Gasteiger partial charge in [0.1, 0.15) is 5.75 Å². The molecule has 0 bridgehead atoms. The minimum Gasteiger partial charge on any atom is -0.497 e. The first-order valence-electron chi connectivity index (χ1n) is 11.9. The van der Waals surface area contributed by atoms with Crippen LogP contribution in [0.3, 0.4) is 0 Å². The number of benzene rings is 3. The standard InChI is InChI=1S/C29H28N4O3/c1-19-12-14-22(15-13-19)27-31-28(36-32-27)25-20(2)33(17-16-21-8-5-4-6-9-21)29(34)30-26(25)23-10-7-11-24(18-23)35-3/h4-15,18,26H,16-17H2,1-3H3,(H,30,34). The maximum absolute atomic E-state index is 13.3. The van der Waals surface area contributed by atoms with Crippen molar-refractivity contribution in [3.05, 3.63) is 107 Å².